The smallest absolute Gasteiger partial charge is 0.389 e. The third-order valence-electron chi connectivity index (χ3n) is 6.34. The number of alkyl halides is 3. The fraction of sp³-hybridized carbons (Fsp3) is 0.300. The number of aromatic amines is 1. The van der Waals surface area contributed by atoms with Crippen molar-refractivity contribution in [2.45, 2.75) is 52.3 Å². The summed E-state index contributed by atoms with van der Waals surface area (Å²) in [6, 6.07) is 16.1. The molecule has 2 aromatic heterocycles. The first-order valence-electron chi connectivity index (χ1n) is 13.1. The molecule has 40 heavy (non-hydrogen) atoms. The van der Waals surface area contributed by atoms with Crippen LogP contribution in [0.3, 0.4) is 0 Å². The number of carbonyl (C=O) groups is 1. The molecule has 0 saturated carbocycles. The van der Waals surface area contributed by atoms with Gasteiger partial charge in [0.25, 0.3) is 11.5 Å². The summed E-state index contributed by atoms with van der Waals surface area (Å²) in [5.74, 6) is 0.118. The van der Waals surface area contributed by atoms with Crippen molar-refractivity contribution in [3.8, 4) is 28.1 Å². The van der Waals surface area contributed by atoms with Crippen LogP contribution >= 0.6 is 0 Å². The highest BCUT2D eigenvalue weighted by molar-refractivity contribution is 6.08. The van der Waals surface area contributed by atoms with Crippen LogP contribution < -0.4 is 15.6 Å². The minimum atomic E-state index is -4.14. The molecule has 0 bridgehead atoms. The minimum Gasteiger partial charge on any atom is -0.494 e. The Hall–Kier alpha value is -4.34. The molecule has 0 aliphatic rings. The Kier molecular flexibility index (Phi) is 9.08. The molecule has 210 valence electrons. The lowest BCUT2D eigenvalue weighted by Gasteiger charge is -2.12. The van der Waals surface area contributed by atoms with E-state index in [0.29, 0.717) is 59.8 Å². The molecule has 0 radical (unpaired) electrons. The van der Waals surface area contributed by atoms with Crippen molar-refractivity contribution < 1.29 is 22.7 Å². The van der Waals surface area contributed by atoms with Gasteiger partial charge in [-0.1, -0.05) is 36.2 Å². The number of halogens is 3. The normalized spacial score (nSPS) is 11.4. The van der Waals surface area contributed by atoms with E-state index < -0.39 is 24.1 Å². The molecule has 0 aliphatic heterocycles. The Morgan fingerprint density at radius 1 is 1.02 bits per heavy atom. The SMILES string of the molecule is CCOc1ccc(NC(=O)c2c(-c3ccc(C)cc3)cc(-c3cnn(CCCCCC(F)(F)F)c3)[nH]c2=O)cc1. The molecule has 0 aliphatic carbocycles. The van der Waals surface area contributed by atoms with Crippen LogP contribution in [0.5, 0.6) is 5.75 Å². The van der Waals surface area contributed by atoms with Gasteiger partial charge in [-0.25, -0.2) is 0 Å². The number of ether oxygens (including phenoxy) is 1. The second-order valence-corrected chi connectivity index (χ2v) is 9.50. The summed E-state index contributed by atoms with van der Waals surface area (Å²) in [6.45, 7) is 4.81. The summed E-state index contributed by atoms with van der Waals surface area (Å²) >= 11 is 0. The van der Waals surface area contributed by atoms with Gasteiger partial charge in [-0.15, -0.1) is 0 Å². The summed E-state index contributed by atoms with van der Waals surface area (Å²) < 4.78 is 44.1. The van der Waals surface area contributed by atoms with E-state index in [2.05, 4.69) is 15.4 Å². The Morgan fingerprint density at radius 2 is 1.75 bits per heavy atom. The fourth-order valence-corrected chi connectivity index (χ4v) is 4.30. The van der Waals surface area contributed by atoms with E-state index in [1.54, 1.807) is 47.4 Å². The standard InChI is InChI=1S/C30H31F3N4O3/c1-3-40-24-13-11-23(12-14-24)35-28(38)27-25(21-9-7-20(2)8-10-21)17-26(36-29(27)39)22-18-34-37(19-22)16-6-4-5-15-30(31,32)33/h7-14,17-19H,3-6,15-16H2,1-2H3,(H,35,38)(H,36,39). The molecule has 2 aromatic carbocycles. The molecule has 0 spiro atoms. The Bertz CT molecular complexity index is 1490. The molecular weight excluding hydrogens is 521 g/mol. The van der Waals surface area contributed by atoms with Crippen LogP contribution in [0.25, 0.3) is 22.4 Å². The van der Waals surface area contributed by atoms with E-state index in [-0.39, 0.29) is 12.0 Å². The van der Waals surface area contributed by atoms with Gasteiger partial charge in [0, 0.05) is 36.0 Å². The molecule has 10 heteroatoms. The van der Waals surface area contributed by atoms with Crippen LogP contribution in [0.2, 0.25) is 0 Å². The summed E-state index contributed by atoms with van der Waals surface area (Å²) in [4.78, 5) is 29.5. The van der Waals surface area contributed by atoms with Crippen LogP contribution in [-0.4, -0.2) is 33.5 Å². The summed E-state index contributed by atoms with van der Waals surface area (Å²) in [5, 5.41) is 7.09. The second-order valence-electron chi connectivity index (χ2n) is 9.50. The topological polar surface area (TPSA) is 89.0 Å². The van der Waals surface area contributed by atoms with Gasteiger partial charge in [-0.2, -0.15) is 18.3 Å². The van der Waals surface area contributed by atoms with Crippen molar-refractivity contribution >= 4 is 11.6 Å². The molecule has 1 amide bonds. The number of hydrogen-bond donors (Lipinski definition) is 2. The first-order chi connectivity index (χ1) is 19.1. The molecule has 4 aromatic rings. The Morgan fingerprint density at radius 3 is 2.42 bits per heavy atom. The first-order valence-corrected chi connectivity index (χ1v) is 13.1. The minimum absolute atomic E-state index is 0.0291. The predicted octanol–water partition coefficient (Wildman–Crippen LogP) is 6.99. The molecule has 0 fully saturated rings. The number of nitrogens with one attached hydrogen (secondary N) is 2. The summed E-state index contributed by atoms with van der Waals surface area (Å²) in [5.41, 5.74) is 3.22. The number of aryl methyl sites for hydroxylation is 2. The zero-order chi connectivity index (χ0) is 28.7. The number of benzene rings is 2. The zero-order valence-corrected chi connectivity index (χ0v) is 22.3. The molecule has 0 atom stereocenters. The van der Waals surface area contributed by atoms with Crippen LogP contribution in [0.15, 0.2) is 71.8 Å². The third-order valence-corrected chi connectivity index (χ3v) is 6.34. The van der Waals surface area contributed by atoms with E-state index in [9.17, 15) is 22.8 Å². The predicted molar refractivity (Wildman–Crippen MR) is 149 cm³/mol. The number of amides is 1. The van der Waals surface area contributed by atoms with Crippen LogP contribution in [0.1, 0.15) is 48.5 Å². The number of anilines is 1. The molecular formula is C30H31F3N4O3. The van der Waals surface area contributed by atoms with Crippen molar-refractivity contribution in [2.75, 3.05) is 11.9 Å². The van der Waals surface area contributed by atoms with Crippen molar-refractivity contribution in [1.82, 2.24) is 14.8 Å². The number of rotatable bonds is 11. The van der Waals surface area contributed by atoms with E-state index in [1.807, 2.05) is 38.1 Å². The van der Waals surface area contributed by atoms with Gasteiger partial charge in [0.1, 0.15) is 11.3 Å². The van der Waals surface area contributed by atoms with Gasteiger partial charge in [0.15, 0.2) is 0 Å². The maximum atomic E-state index is 13.3. The molecule has 0 saturated heterocycles. The van der Waals surface area contributed by atoms with Gasteiger partial charge < -0.3 is 15.0 Å². The number of pyridine rings is 1. The highest BCUT2D eigenvalue weighted by Crippen LogP contribution is 2.28. The van der Waals surface area contributed by atoms with Gasteiger partial charge in [0.2, 0.25) is 0 Å². The van der Waals surface area contributed by atoms with Crippen molar-refractivity contribution in [2.24, 2.45) is 0 Å². The lowest BCUT2D eigenvalue weighted by molar-refractivity contribution is -0.135. The number of aromatic nitrogens is 3. The average molecular weight is 553 g/mol. The van der Waals surface area contributed by atoms with Gasteiger partial charge in [-0.05, 0) is 62.6 Å². The Labute approximate surface area is 230 Å². The quantitative estimate of drug-likeness (QED) is 0.196. The van der Waals surface area contributed by atoms with Gasteiger partial charge in [-0.3, -0.25) is 14.3 Å². The van der Waals surface area contributed by atoms with Crippen molar-refractivity contribution in [1.29, 1.82) is 0 Å². The summed E-state index contributed by atoms with van der Waals surface area (Å²) in [6.07, 6.45) is -0.567. The number of H-pyrrole nitrogens is 1. The molecule has 4 rings (SSSR count). The van der Waals surface area contributed by atoms with E-state index in [1.165, 1.54) is 0 Å². The number of unbranched alkanes of at least 4 members (excludes halogenated alkanes) is 2. The lowest BCUT2D eigenvalue weighted by atomic mass is 9.98. The van der Waals surface area contributed by atoms with Crippen molar-refractivity contribution in [3.05, 3.63) is 88.5 Å². The number of carbonyl (C=O) groups excluding carboxylic acids is 1. The number of nitrogens with zero attached hydrogens (tertiary/aromatic N) is 2. The van der Waals surface area contributed by atoms with Crippen LogP contribution in [-0.2, 0) is 6.54 Å². The van der Waals surface area contributed by atoms with Gasteiger partial charge >= 0.3 is 6.18 Å². The molecule has 2 N–H and O–H groups in total. The zero-order valence-electron chi connectivity index (χ0n) is 22.3. The maximum absolute atomic E-state index is 13.3. The van der Waals surface area contributed by atoms with Crippen molar-refractivity contribution in [3.63, 3.8) is 0 Å². The van der Waals surface area contributed by atoms with Crippen LogP contribution in [0, 0.1) is 6.92 Å². The highest BCUT2D eigenvalue weighted by Gasteiger charge is 2.25. The average Bonchev–Trinajstić information content (AvgIpc) is 3.38. The van der Waals surface area contributed by atoms with Gasteiger partial charge in [0.05, 0.1) is 18.5 Å². The first kappa shape index (κ1) is 28.7. The maximum Gasteiger partial charge on any atom is 0.389 e. The molecule has 0 unspecified atom stereocenters. The third kappa shape index (κ3) is 7.62. The largest absolute Gasteiger partial charge is 0.494 e. The van der Waals surface area contributed by atoms with E-state index in [4.69, 9.17) is 4.74 Å². The molecule has 7 nitrogen and oxygen atoms in total. The van der Waals surface area contributed by atoms with Crippen LogP contribution in [0.4, 0.5) is 18.9 Å². The van der Waals surface area contributed by atoms with E-state index >= 15 is 0 Å². The highest BCUT2D eigenvalue weighted by atomic mass is 19.4. The molecule has 2 heterocycles. The number of hydrogen-bond acceptors (Lipinski definition) is 4. The Balaban J connectivity index is 1.58. The second kappa shape index (κ2) is 12.7. The monoisotopic (exact) mass is 552 g/mol. The fourth-order valence-electron chi connectivity index (χ4n) is 4.30. The lowest BCUT2D eigenvalue weighted by Crippen LogP contribution is -2.25. The summed E-state index contributed by atoms with van der Waals surface area (Å²) in [7, 11) is 0. The van der Waals surface area contributed by atoms with E-state index in [0.717, 1.165) is 5.56 Å².